The molecule has 0 aliphatic heterocycles. The minimum Gasteiger partial charge on any atom is -0.366 e. The Hall–Kier alpha value is -4.77. The van der Waals surface area contributed by atoms with E-state index < -0.39 is 41.1 Å². The van der Waals surface area contributed by atoms with Gasteiger partial charge < -0.3 is 11.1 Å². The molecule has 0 aliphatic rings. The maximum Gasteiger partial charge on any atom is 0.251 e. The molecular formula is C29H20ClF4N5O2. The number of nitrogens with one attached hydrogen (secondary N) is 1. The molecule has 3 N–H and O–H groups in total. The quantitative estimate of drug-likeness (QED) is 0.236. The molecule has 2 amide bonds. The van der Waals surface area contributed by atoms with E-state index in [0.29, 0.717) is 22.0 Å². The lowest BCUT2D eigenvalue weighted by molar-refractivity contribution is -0.122. The number of fused-ring (bicyclic) bond motifs is 1. The Morgan fingerprint density at radius 3 is 2.46 bits per heavy atom. The van der Waals surface area contributed by atoms with Crippen molar-refractivity contribution in [3.8, 4) is 11.1 Å². The summed E-state index contributed by atoms with van der Waals surface area (Å²) in [6.07, 6.45) is 2.77. The molecule has 0 saturated carbocycles. The van der Waals surface area contributed by atoms with Gasteiger partial charge in [0.2, 0.25) is 5.91 Å². The van der Waals surface area contributed by atoms with Crippen LogP contribution in [0.4, 0.5) is 17.6 Å². The lowest BCUT2D eigenvalue weighted by atomic mass is 9.94. The van der Waals surface area contributed by atoms with Gasteiger partial charge in [0.25, 0.3) is 5.91 Å². The highest BCUT2D eigenvalue weighted by Gasteiger charge is 2.23. The third-order valence-electron chi connectivity index (χ3n) is 6.39. The third-order valence-corrected chi connectivity index (χ3v) is 6.68. The van der Waals surface area contributed by atoms with Crippen molar-refractivity contribution in [3.63, 3.8) is 0 Å². The fourth-order valence-electron chi connectivity index (χ4n) is 4.58. The van der Waals surface area contributed by atoms with Crippen molar-refractivity contribution in [2.75, 3.05) is 0 Å². The van der Waals surface area contributed by atoms with Crippen LogP contribution in [0.2, 0.25) is 5.02 Å². The molecule has 41 heavy (non-hydrogen) atoms. The number of nitrogens with two attached hydrogens (primary N) is 1. The summed E-state index contributed by atoms with van der Waals surface area (Å²) in [5.74, 6) is -4.56. The van der Waals surface area contributed by atoms with Crippen molar-refractivity contribution in [2.45, 2.75) is 19.0 Å². The zero-order valence-corrected chi connectivity index (χ0v) is 21.8. The molecular weight excluding hydrogens is 562 g/mol. The lowest BCUT2D eigenvalue weighted by Gasteiger charge is -2.22. The van der Waals surface area contributed by atoms with Crippen LogP contribution in [0.25, 0.3) is 22.0 Å². The Balaban J connectivity index is 1.53. The standard InChI is InChI=1S/C29H20ClF4N5O2/c30-22-12-26-17(10-24(22)34)13-37-39(26)14-27(40)38-25(8-15-6-18(31)11-19(32)7-15)28-20(2-1-5-36-28)16-3-4-23(33)21(9-16)29(35)41/h1-7,9-13,25H,8,14H2,(H2,35,41)(H,38,40)/t25-/m0/s1. The normalized spacial score (nSPS) is 11.9. The number of benzene rings is 3. The Kier molecular flexibility index (Phi) is 7.71. The highest BCUT2D eigenvalue weighted by Crippen LogP contribution is 2.30. The van der Waals surface area contributed by atoms with Crippen molar-refractivity contribution < 1.29 is 27.2 Å². The number of carbonyl (C=O) groups excluding carboxylic acids is 2. The van der Waals surface area contributed by atoms with Crippen LogP contribution in [0.15, 0.2) is 73.1 Å². The first-order valence-corrected chi connectivity index (χ1v) is 12.6. The minimum absolute atomic E-state index is 0.0782. The van der Waals surface area contributed by atoms with Gasteiger partial charge in [0.05, 0.1) is 34.0 Å². The minimum atomic E-state index is -0.971. The van der Waals surface area contributed by atoms with Gasteiger partial charge in [-0.3, -0.25) is 19.3 Å². The molecule has 5 rings (SSSR count). The SMILES string of the molecule is NC(=O)c1cc(-c2cccnc2[C@H](Cc2cc(F)cc(F)c2)NC(=O)Cn2ncc3cc(F)c(Cl)cc32)ccc1F. The highest BCUT2D eigenvalue weighted by molar-refractivity contribution is 6.31. The Labute approximate surface area is 235 Å². The second-order valence-corrected chi connectivity index (χ2v) is 9.63. The summed E-state index contributed by atoms with van der Waals surface area (Å²) in [4.78, 5) is 29.5. The molecule has 5 aromatic rings. The molecule has 0 aliphatic carbocycles. The number of primary amides is 1. The van der Waals surface area contributed by atoms with Crippen LogP contribution in [-0.4, -0.2) is 26.6 Å². The second kappa shape index (κ2) is 11.4. The summed E-state index contributed by atoms with van der Waals surface area (Å²) in [6, 6.07) is 11.6. The van der Waals surface area contributed by atoms with Crippen molar-refractivity contribution in [3.05, 3.63) is 118 Å². The number of aromatic nitrogens is 3. The van der Waals surface area contributed by atoms with Crippen molar-refractivity contribution in [2.24, 2.45) is 5.73 Å². The molecule has 2 aromatic heterocycles. The first-order valence-electron chi connectivity index (χ1n) is 12.2. The summed E-state index contributed by atoms with van der Waals surface area (Å²) in [5, 5.41) is 7.26. The molecule has 7 nitrogen and oxygen atoms in total. The Bertz CT molecular complexity index is 1790. The molecule has 0 radical (unpaired) electrons. The number of carbonyl (C=O) groups is 2. The van der Waals surface area contributed by atoms with Crippen LogP contribution in [0.5, 0.6) is 0 Å². The predicted octanol–water partition coefficient (Wildman–Crippen LogP) is 5.51. The summed E-state index contributed by atoms with van der Waals surface area (Å²) in [6.45, 7) is -0.302. The molecule has 2 heterocycles. The molecule has 0 fully saturated rings. The summed E-state index contributed by atoms with van der Waals surface area (Å²) >= 11 is 5.91. The van der Waals surface area contributed by atoms with Gasteiger partial charge in [-0.05, 0) is 60.0 Å². The second-order valence-electron chi connectivity index (χ2n) is 9.22. The average Bonchev–Trinajstić information content (AvgIpc) is 3.28. The summed E-state index contributed by atoms with van der Waals surface area (Å²) < 4.78 is 57.4. The van der Waals surface area contributed by atoms with Gasteiger partial charge in [0, 0.05) is 23.2 Å². The van der Waals surface area contributed by atoms with Crippen LogP contribution >= 0.6 is 11.6 Å². The predicted molar refractivity (Wildman–Crippen MR) is 144 cm³/mol. The van der Waals surface area contributed by atoms with E-state index in [-0.39, 0.29) is 34.8 Å². The maximum atomic E-state index is 14.2. The van der Waals surface area contributed by atoms with E-state index >= 15 is 0 Å². The van der Waals surface area contributed by atoms with Crippen LogP contribution < -0.4 is 11.1 Å². The lowest BCUT2D eigenvalue weighted by Crippen LogP contribution is -2.34. The number of hydrogen-bond acceptors (Lipinski definition) is 4. The zero-order valence-electron chi connectivity index (χ0n) is 21.0. The Morgan fingerprint density at radius 1 is 0.976 bits per heavy atom. The molecule has 3 aromatic carbocycles. The van der Waals surface area contributed by atoms with Crippen molar-refractivity contribution >= 4 is 34.3 Å². The van der Waals surface area contributed by atoms with E-state index in [1.54, 1.807) is 12.1 Å². The number of halogens is 5. The van der Waals surface area contributed by atoms with Gasteiger partial charge >= 0.3 is 0 Å². The van der Waals surface area contributed by atoms with Crippen molar-refractivity contribution in [1.29, 1.82) is 0 Å². The van der Waals surface area contributed by atoms with Gasteiger partial charge in [-0.2, -0.15) is 5.10 Å². The maximum absolute atomic E-state index is 14.2. The van der Waals surface area contributed by atoms with Gasteiger partial charge in [0.1, 0.15) is 29.8 Å². The smallest absolute Gasteiger partial charge is 0.251 e. The summed E-state index contributed by atoms with van der Waals surface area (Å²) in [5.41, 5.74) is 6.70. The van der Waals surface area contributed by atoms with E-state index in [1.807, 2.05) is 0 Å². The van der Waals surface area contributed by atoms with E-state index in [4.69, 9.17) is 17.3 Å². The van der Waals surface area contributed by atoms with E-state index in [0.717, 1.165) is 24.3 Å². The Morgan fingerprint density at radius 2 is 1.73 bits per heavy atom. The number of nitrogens with zero attached hydrogens (tertiary/aromatic N) is 3. The van der Waals surface area contributed by atoms with Crippen LogP contribution in [0.3, 0.4) is 0 Å². The fourth-order valence-corrected chi connectivity index (χ4v) is 4.73. The molecule has 0 saturated heterocycles. The van der Waals surface area contributed by atoms with Gasteiger partial charge in [-0.15, -0.1) is 0 Å². The van der Waals surface area contributed by atoms with E-state index in [1.165, 1.54) is 41.3 Å². The van der Waals surface area contributed by atoms with Gasteiger partial charge in [-0.25, -0.2) is 17.6 Å². The molecule has 0 spiro atoms. The topological polar surface area (TPSA) is 103 Å². The monoisotopic (exact) mass is 581 g/mol. The van der Waals surface area contributed by atoms with E-state index in [9.17, 15) is 27.2 Å². The first kappa shape index (κ1) is 27.8. The molecule has 0 bridgehead atoms. The fraction of sp³-hybridized carbons (Fsp3) is 0.103. The third kappa shape index (κ3) is 6.04. The molecule has 12 heteroatoms. The van der Waals surface area contributed by atoms with Crippen molar-refractivity contribution in [1.82, 2.24) is 20.1 Å². The van der Waals surface area contributed by atoms with Crippen LogP contribution in [-0.2, 0) is 17.8 Å². The van der Waals surface area contributed by atoms with Gasteiger partial charge in [-0.1, -0.05) is 23.7 Å². The molecule has 208 valence electrons. The number of rotatable bonds is 8. The van der Waals surface area contributed by atoms with E-state index in [2.05, 4.69) is 15.4 Å². The summed E-state index contributed by atoms with van der Waals surface area (Å²) in [7, 11) is 0. The number of amides is 2. The number of pyridine rings is 1. The zero-order chi connectivity index (χ0) is 29.3. The van der Waals surface area contributed by atoms with Crippen LogP contribution in [0, 0.1) is 23.3 Å². The highest BCUT2D eigenvalue weighted by atomic mass is 35.5. The largest absolute Gasteiger partial charge is 0.366 e. The average molecular weight is 582 g/mol. The molecule has 1 atom stereocenters. The number of hydrogen-bond donors (Lipinski definition) is 2. The van der Waals surface area contributed by atoms with Gasteiger partial charge in [0.15, 0.2) is 0 Å². The van der Waals surface area contributed by atoms with Crippen LogP contribution in [0.1, 0.15) is 27.7 Å². The first-order chi connectivity index (χ1) is 19.6. The molecule has 0 unspecified atom stereocenters.